The minimum absolute atomic E-state index is 0.525. The van der Waals surface area contributed by atoms with E-state index in [4.69, 9.17) is 4.42 Å². The molecule has 0 radical (unpaired) electrons. The largest absolute Gasteiger partial charge is 0.441 e. The first-order chi connectivity index (χ1) is 8.86. The van der Waals surface area contributed by atoms with E-state index in [9.17, 15) is 0 Å². The minimum Gasteiger partial charge on any atom is -0.441 e. The lowest BCUT2D eigenvalue weighted by Crippen LogP contribution is -2.41. The van der Waals surface area contributed by atoms with Crippen molar-refractivity contribution in [3.63, 3.8) is 0 Å². The van der Waals surface area contributed by atoms with Gasteiger partial charge in [0.2, 0.25) is 0 Å². The average Bonchev–Trinajstić information content (AvgIpc) is 2.69. The van der Waals surface area contributed by atoms with Crippen molar-refractivity contribution in [2.75, 3.05) is 6.54 Å². The maximum absolute atomic E-state index is 5.81. The molecule has 0 spiro atoms. The summed E-state index contributed by atoms with van der Waals surface area (Å²) in [6, 6.07) is 8.51. The minimum atomic E-state index is 0.525. The molecule has 0 saturated heterocycles. The van der Waals surface area contributed by atoms with Gasteiger partial charge in [-0.3, -0.25) is 0 Å². The predicted molar refractivity (Wildman–Crippen MR) is 72.5 cm³/mol. The van der Waals surface area contributed by atoms with E-state index in [1.54, 1.807) is 0 Å². The van der Waals surface area contributed by atoms with Gasteiger partial charge in [0, 0.05) is 12.5 Å². The summed E-state index contributed by atoms with van der Waals surface area (Å²) >= 11 is 0. The molecule has 1 heterocycles. The Bertz CT molecular complexity index is 483. The number of nitrogens with one attached hydrogen (secondary N) is 1. The summed E-state index contributed by atoms with van der Waals surface area (Å²) in [6.45, 7) is 3.18. The average molecular weight is 244 g/mol. The Kier molecular flexibility index (Phi) is 3.33. The van der Waals surface area contributed by atoms with Crippen molar-refractivity contribution < 1.29 is 4.42 Å². The van der Waals surface area contributed by atoms with Crippen LogP contribution in [0.4, 0.5) is 0 Å². The number of benzene rings is 1. The molecule has 1 unspecified atom stereocenters. The van der Waals surface area contributed by atoms with Crippen molar-refractivity contribution in [3.8, 4) is 0 Å². The van der Waals surface area contributed by atoms with Crippen molar-refractivity contribution in [2.45, 2.75) is 38.6 Å². The van der Waals surface area contributed by atoms with Gasteiger partial charge in [0.25, 0.3) is 0 Å². The van der Waals surface area contributed by atoms with Crippen LogP contribution in [0.1, 0.15) is 32.1 Å². The molecule has 3 nitrogen and oxygen atoms in total. The van der Waals surface area contributed by atoms with Crippen molar-refractivity contribution in [1.29, 1.82) is 0 Å². The summed E-state index contributed by atoms with van der Waals surface area (Å²) in [5.74, 6) is 1.68. The first-order valence-electron chi connectivity index (χ1n) is 6.94. The first kappa shape index (κ1) is 11.7. The molecule has 96 valence electrons. The molecule has 2 aromatic rings. The van der Waals surface area contributed by atoms with E-state index in [0.717, 1.165) is 35.9 Å². The highest BCUT2D eigenvalue weighted by Gasteiger charge is 2.27. The van der Waals surface area contributed by atoms with E-state index < -0.39 is 0 Å². The van der Waals surface area contributed by atoms with Gasteiger partial charge in [-0.05, 0) is 37.4 Å². The number of aromatic nitrogens is 1. The van der Waals surface area contributed by atoms with Gasteiger partial charge in [0.1, 0.15) is 5.52 Å². The molecule has 1 atom stereocenters. The van der Waals surface area contributed by atoms with Crippen LogP contribution in [0.3, 0.4) is 0 Å². The van der Waals surface area contributed by atoms with Crippen LogP contribution in [-0.2, 0) is 6.42 Å². The highest BCUT2D eigenvalue weighted by atomic mass is 16.3. The lowest BCUT2D eigenvalue weighted by molar-refractivity contribution is 0.222. The van der Waals surface area contributed by atoms with E-state index in [1.807, 2.05) is 24.3 Å². The second-order valence-corrected chi connectivity index (χ2v) is 5.13. The molecule has 3 rings (SSSR count). The Morgan fingerprint density at radius 1 is 1.39 bits per heavy atom. The second-order valence-electron chi connectivity index (χ2n) is 5.13. The smallest absolute Gasteiger partial charge is 0.197 e. The van der Waals surface area contributed by atoms with Gasteiger partial charge in [-0.2, -0.15) is 0 Å². The van der Waals surface area contributed by atoms with Gasteiger partial charge in [0.15, 0.2) is 11.5 Å². The van der Waals surface area contributed by atoms with E-state index in [1.165, 1.54) is 19.3 Å². The molecule has 3 heteroatoms. The third-order valence-corrected chi connectivity index (χ3v) is 3.92. The fourth-order valence-electron chi connectivity index (χ4n) is 2.71. The summed E-state index contributed by atoms with van der Waals surface area (Å²) in [4.78, 5) is 4.57. The molecule has 18 heavy (non-hydrogen) atoms. The number of nitrogens with zero attached hydrogens (tertiary/aromatic N) is 1. The van der Waals surface area contributed by atoms with Crippen molar-refractivity contribution in [1.82, 2.24) is 10.3 Å². The highest BCUT2D eigenvalue weighted by Crippen LogP contribution is 2.31. The number of hydrogen-bond donors (Lipinski definition) is 1. The number of oxazole rings is 1. The number of rotatable bonds is 5. The monoisotopic (exact) mass is 244 g/mol. The van der Waals surface area contributed by atoms with Crippen LogP contribution in [0.25, 0.3) is 11.1 Å². The van der Waals surface area contributed by atoms with Crippen molar-refractivity contribution in [2.24, 2.45) is 5.92 Å². The van der Waals surface area contributed by atoms with Crippen molar-refractivity contribution >= 4 is 11.1 Å². The molecule has 1 aromatic carbocycles. The number of para-hydroxylation sites is 2. The van der Waals surface area contributed by atoms with Crippen LogP contribution < -0.4 is 5.32 Å². The third kappa shape index (κ3) is 2.27. The van der Waals surface area contributed by atoms with E-state index >= 15 is 0 Å². The Hall–Kier alpha value is -1.35. The lowest BCUT2D eigenvalue weighted by Gasteiger charge is -2.33. The van der Waals surface area contributed by atoms with Crippen molar-refractivity contribution in [3.05, 3.63) is 30.2 Å². The molecule has 0 bridgehead atoms. The third-order valence-electron chi connectivity index (χ3n) is 3.92. The van der Waals surface area contributed by atoms with Crippen LogP contribution >= 0.6 is 0 Å². The second kappa shape index (κ2) is 5.11. The molecule has 0 amide bonds. The highest BCUT2D eigenvalue weighted by molar-refractivity contribution is 5.72. The zero-order valence-corrected chi connectivity index (χ0v) is 10.9. The SMILES string of the molecule is CCNC(Cc1nc2ccccc2o1)C1CCC1. The van der Waals surface area contributed by atoms with Crippen LogP contribution in [0, 0.1) is 5.92 Å². The van der Waals surface area contributed by atoms with E-state index in [-0.39, 0.29) is 0 Å². The normalized spacial score (nSPS) is 17.8. The first-order valence-corrected chi connectivity index (χ1v) is 6.94. The summed E-state index contributed by atoms with van der Waals surface area (Å²) < 4.78 is 5.81. The zero-order chi connectivity index (χ0) is 12.4. The molecular weight excluding hydrogens is 224 g/mol. The van der Waals surface area contributed by atoms with Gasteiger partial charge in [-0.1, -0.05) is 25.5 Å². The topological polar surface area (TPSA) is 38.1 Å². The number of likely N-dealkylation sites (N-methyl/N-ethyl adjacent to an activating group) is 1. The Balaban J connectivity index is 1.76. The van der Waals surface area contributed by atoms with Gasteiger partial charge < -0.3 is 9.73 Å². The molecular formula is C15H20N2O. The Morgan fingerprint density at radius 3 is 2.89 bits per heavy atom. The molecule has 1 N–H and O–H groups in total. The Morgan fingerprint density at radius 2 is 2.22 bits per heavy atom. The van der Waals surface area contributed by atoms with Crippen LogP contribution in [0.15, 0.2) is 28.7 Å². The maximum atomic E-state index is 5.81. The standard InChI is InChI=1S/C15H20N2O/c1-2-16-13(11-6-5-7-11)10-15-17-12-8-3-4-9-14(12)18-15/h3-4,8-9,11,13,16H,2,5-7,10H2,1H3. The van der Waals surface area contributed by atoms with Crippen LogP contribution in [0.2, 0.25) is 0 Å². The summed E-state index contributed by atoms with van der Waals surface area (Å²) in [6.07, 6.45) is 4.98. The van der Waals surface area contributed by atoms with Gasteiger partial charge in [-0.25, -0.2) is 4.98 Å². The predicted octanol–water partition coefficient (Wildman–Crippen LogP) is 3.15. The van der Waals surface area contributed by atoms with Gasteiger partial charge >= 0.3 is 0 Å². The van der Waals surface area contributed by atoms with Gasteiger partial charge in [0.05, 0.1) is 0 Å². The zero-order valence-electron chi connectivity index (χ0n) is 10.9. The fourth-order valence-corrected chi connectivity index (χ4v) is 2.71. The molecule has 0 aliphatic heterocycles. The Labute approximate surface area is 108 Å². The van der Waals surface area contributed by atoms with Crippen LogP contribution in [0.5, 0.6) is 0 Å². The lowest BCUT2D eigenvalue weighted by atomic mass is 9.78. The molecule has 1 fully saturated rings. The van der Waals surface area contributed by atoms with E-state index in [0.29, 0.717) is 6.04 Å². The fraction of sp³-hybridized carbons (Fsp3) is 0.533. The summed E-state index contributed by atoms with van der Waals surface area (Å²) in [7, 11) is 0. The molecule has 1 saturated carbocycles. The molecule has 1 aromatic heterocycles. The van der Waals surface area contributed by atoms with E-state index in [2.05, 4.69) is 17.2 Å². The summed E-state index contributed by atoms with van der Waals surface area (Å²) in [5.41, 5.74) is 1.87. The number of fused-ring (bicyclic) bond motifs is 1. The molecule has 1 aliphatic carbocycles. The maximum Gasteiger partial charge on any atom is 0.197 e. The summed E-state index contributed by atoms with van der Waals surface area (Å²) in [5, 5.41) is 3.58. The molecule has 1 aliphatic rings. The quantitative estimate of drug-likeness (QED) is 0.878. The van der Waals surface area contributed by atoms with Crippen LogP contribution in [-0.4, -0.2) is 17.6 Å². The number of hydrogen-bond acceptors (Lipinski definition) is 3. The van der Waals surface area contributed by atoms with Gasteiger partial charge in [-0.15, -0.1) is 0 Å².